The molecule has 0 bridgehead atoms. The first-order valence-electron chi connectivity index (χ1n) is 11.9. The van der Waals surface area contributed by atoms with Gasteiger partial charge in [0.1, 0.15) is 12.6 Å². The van der Waals surface area contributed by atoms with Gasteiger partial charge in [0.25, 0.3) is 0 Å². The Morgan fingerprint density at radius 2 is 1.65 bits per heavy atom. The van der Waals surface area contributed by atoms with Crippen molar-refractivity contribution in [2.75, 3.05) is 13.2 Å². The van der Waals surface area contributed by atoms with Crippen LogP contribution >= 0.6 is 0 Å². The number of amides is 2. The zero-order valence-corrected chi connectivity index (χ0v) is 19.9. The third-order valence-corrected chi connectivity index (χ3v) is 7.00. The topological polar surface area (TPSA) is 95.9 Å². The molecular weight excluding hydrogens is 432 g/mol. The smallest absolute Gasteiger partial charge is 0.407 e. The van der Waals surface area contributed by atoms with Crippen LogP contribution in [0.15, 0.2) is 48.5 Å². The molecule has 34 heavy (non-hydrogen) atoms. The lowest BCUT2D eigenvalue weighted by atomic mass is 9.98. The van der Waals surface area contributed by atoms with Crippen molar-refractivity contribution in [2.45, 2.75) is 51.6 Å². The van der Waals surface area contributed by atoms with Crippen LogP contribution in [0.1, 0.15) is 50.7 Å². The van der Waals surface area contributed by atoms with Gasteiger partial charge >= 0.3 is 12.1 Å². The van der Waals surface area contributed by atoms with Gasteiger partial charge in [-0.25, -0.2) is 4.79 Å². The van der Waals surface area contributed by atoms with Crippen LogP contribution in [0.4, 0.5) is 4.79 Å². The van der Waals surface area contributed by atoms with Crippen LogP contribution in [-0.4, -0.2) is 53.2 Å². The van der Waals surface area contributed by atoms with Gasteiger partial charge in [-0.05, 0) is 47.9 Å². The van der Waals surface area contributed by atoms with Crippen molar-refractivity contribution in [1.29, 1.82) is 0 Å². The number of hydrogen-bond donors (Lipinski definition) is 2. The molecule has 180 valence electrons. The third kappa shape index (κ3) is 4.65. The summed E-state index contributed by atoms with van der Waals surface area (Å²) in [7, 11) is 0. The highest BCUT2D eigenvalue weighted by atomic mass is 16.5. The number of rotatable bonds is 7. The number of likely N-dealkylation sites (tertiary alicyclic amines) is 1. The molecule has 3 atom stereocenters. The van der Waals surface area contributed by atoms with Gasteiger partial charge in [0.05, 0.1) is 5.92 Å². The number of nitrogens with one attached hydrogen (secondary N) is 1. The Morgan fingerprint density at radius 1 is 1.06 bits per heavy atom. The number of alkyl carbamates (subject to hydrolysis) is 1. The monoisotopic (exact) mass is 464 g/mol. The zero-order chi connectivity index (χ0) is 24.4. The summed E-state index contributed by atoms with van der Waals surface area (Å²) in [5.74, 6) is -1.63. The van der Waals surface area contributed by atoms with Crippen molar-refractivity contribution in [2.24, 2.45) is 11.8 Å². The number of fused-ring (bicyclic) bond motifs is 3. The van der Waals surface area contributed by atoms with Gasteiger partial charge in [-0.3, -0.25) is 9.59 Å². The van der Waals surface area contributed by atoms with Crippen molar-refractivity contribution in [3.8, 4) is 11.1 Å². The van der Waals surface area contributed by atoms with E-state index in [4.69, 9.17) is 4.74 Å². The SMILES string of the molecule is CC(C)C[C@@H](NC(=O)OCC1c2ccccc2-c2ccccc21)C(=O)N1CCC(C(=O)O)C1C. The zero-order valence-electron chi connectivity index (χ0n) is 19.9. The number of carboxylic acids is 1. The van der Waals surface area contributed by atoms with Gasteiger partial charge in [0, 0.05) is 18.5 Å². The van der Waals surface area contributed by atoms with E-state index in [2.05, 4.69) is 29.6 Å². The first-order chi connectivity index (χ1) is 16.3. The summed E-state index contributed by atoms with van der Waals surface area (Å²) in [6.07, 6.45) is 0.230. The largest absolute Gasteiger partial charge is 0.481 e. The second kappa shape index (κ2) is 9.87. The summed E-state index contributed by atoms with van der Waals surface area (Å²) < 4.78 is 5.64. The molecule has 7 heteroatoms. The highest BCUT2D eigenvalue weighted by Gasteiger charge is 2.40. The Balaban J connectivity index is 1.43. The van der Waals surface area contributed by atoms with E-state index in [-0.39, 0.29) is 24.3 Å². The minimum absolute atomic E-state index is 0.0627. The first-order valence-corrected chi connectivity index (χ1v) is 11.9. The Hall–Kier alpha value is -3.35. The third-order valence-electron chi connectivity index (χ3n) is 7.00. The molecule has 1 aliphatic heterocycles. The van der Waals surface area contributed by atoms with Gasteiger partial charge in [-0.15, -0.1) is 0 Å². The standard InChI is InChI=1S/C27H32N2O5/c1-16(2)14-24(25(30)29-13-12-18(17(29)3)26(31)32)28-27(33)34-15-23-21-10-6-4-8-19(21)20-9-5-7-11-22(20)23/h4-11,16-18,23-24H,12-15H2,1-3H3,(H,28,33)(H,31,32)/t17?,18?,24-/m1/s1. The van der Waals surface area contributed by atoms with Crippen LogP contribution in [0.2, 0.25) is 0 Å². The predicted octanol–water partition coefficient (Wildman–Crippen LogP) is 4.26. The molecule has 0 aromatic heterocycles. The molecule has 2 aromatic carbocycles. The fraction of sp³-hybridized carbons (Fsp3) is 0.444. The quantitative estimate of drug-likeness (QED) is 0.638. The molecule has 2 unspecified atom stereocenters. The van der Waals surface area contributed by atoms with E-state index >= 15 is 0 Å². The van der Waals surface area contributed by atoms with E-state index in [0.29, 0.717) is 19.4 Å². The van der Waals surface area contributed by atoms with Crippen molar-refractivity contribution < 1.29 is 24.2 Å². The number of carboxylic acid groups (broad SMARTS) is 1. The van der Waals surface area contributed by atoms with Crippen molar-refractivity contribution in [3.05, 3.63) is 59.7 Å². The maximum Gasteiger partial charge on any atom is 0.407 e. The fourth-order valence-corrected chi connectivity index (χ4v) is 5.26. The minimum Gasteiger partial charge on any atom is -0.481 e. The van der Waals surface area contributed by atoms with Crippen LogP contribution in [0, 0.1) is 11.8 Å². The lowest BCUT2D eigenvalue weighted by Gasteiger charge is -2.29. The lowest BCUT2D eigenvalue weighted by Crippen LogP contribution is -2.51. The molecule has 2 aliphatic rings. The maximum absolute atomic E-state index is 13.2. The van der Waals surface area contributed by atoms with Crippen molar-refractivity contribution in [3.63, 3.8) is 0 Å². The van der Waals surface area contributed by atoms with Gasteiger partial charge < -0.3 is 20.1 Å². The highest BCUT2D eigenvalue weighted by Crippen LogP contribution is 2.44. The number of hydrogen-bond acceptors (Lipinski definition) is 4. The van der Waals surface area contributed by atoms with Crippen LogP contribution in [0.5, 0.6) is 0 Å². The first kappa shape index (κ1) is 23.8. The lowest BCUT2D eigenvalue weighted by molar-refractivity contribution is -0.143. The van der Waals surface area contributed by atoms with E-state index in [9.17, 15) is 19.5 Å². The average molecular weight is 465 g/mol. The molecule has 1 fully saturated rings. The summed E-state index contributed by atoms with van der Waals surface area (Å²) in [6, 6.07) is 15.1. The Labute approximate surface area is 200 Å². The molecule has 1 aliphatic carbocycles. The van der Waals surface area contributed by atoms with Gasteiger partial charge in [0.2, 0.25) is 5.91 Å². The molecule has 0 saturated carbocycles. The van der Waals surface area contributed by atoms with Crippen LogP contribution in [-0.2, 0) is 14.3 Å². The van der Waals surface area contributed by atoms with Gasteiger partial charge in [-0.1, -0.05) is 62.4 Å². The Bertz CT molecular complexity index is 1040. The number of nitrogens with zero attached hydrogens (tertiary/aromatic N) is 1. The van der Waals surface area contributed by atoms with Crippen molar-refractivity contribution >= 4 is 18.0 Å². The number of carbonyl (C=O) groups is 3. The molecule has 2 aromatic rings. The summed E-state index contributed by atoms with van der Waals surface area (Å²) in [4.78, 5) is 39.1. The molecule has 1 saturated heterocycles. The number of ether oxygens (including phenoxy) is 1. The molecule has 2 amide bonds. The number of aliphatic carboxylic acids is 1. The van der Waals surface area contributed by atoms with E-state index in [0.717, 1.165) is 22.3 Å². The fourth-order valence-electron chi connectivity index (χ4n) is 5.26. The number of carbonyl (C=O) groups excluding carboxylic acids is 2. The molecule has 2 N–H and O–H groups in total. The van der Waals surface area contributed by atoms with Crippen LogP contribution in [0.3, 0.4) is 0 Å². The Morgan fingerprint density at radius 3 is 2.18 bits per heavy atom. The van der Waals surface area contributed by atoms with E-state index < -0.39 is 30.1 Å². The second-order valence-electron chi connectivity index (χ2n) is 9.66. The molecule has 0 spiro atoms. The molecule has 4 rings (SSSR count). The molecule has 7 nitrogen and oxygen atoms in total. The summed E-state index contributed by atoms with van der Waals surface area (Å²) in [5, 5.41) is 12.2. The molecule has 1 heterocycles. The van der Waals surface area contributed by atoms with Crippen molar-refractivity contribution in [1.82, 2.24) is 10.2 Å². The molecular formula is C27H32N2O5. The average Bonchev–Trinajstić information content (AvgIpc) is 3.34. The van der Waals surface area contributed by atoms with E-state index in [1.54, 1.807) is 11.8 Å². The van der Waals surface area contributed by atoms with E-state index in [1.165, 1.54) is 0 Å². The molecule has 0 radical (unpaired) electrons. The highest BCUT2D eigenvalue weighted by molar-refractivity contribution is 5.87. The normalized spacial score (nSPS) is 20.1. The Kier molecular flexibility index (Phi) is 6.91. The summed E-state index contributed by atoms with van der Waals surface area (Å²) >= 11 is 0. The number of benzene rings is 2. The summed E-state index contributed by atoms with van der Waals surface area (Å²) in [5.41, 5.74) is 4.54. The maximum atomic E-state index is 13.2. The van der Waals surface area contributed by atoms with E-state index in [1.807, 2.05) is 38.1 Å². The van der Waals surface area contributed by atoms with Gasteiger partial charge in [0.15, 0.2) is 0 Å². The van der Waals surface area contributed by atoms with Crippen LogP contribution < -0.4 is 5.32 Å². The summed E-state index contributed by atoms with van der Waals surface area (Å²) in [6.45, 7) is 6.26. The van der Waals surface area contributed by atoms with Crippen LogP contribution in [0.25, 0.3) is 11.1 Å². The minimum atomic E-state index is -0.896. The second-order valence-corrected chi connectivity index (χ2v) is 9.66. The van der Waals surface area contributed by atoms with Gasteiger partial charge in [-0.2, -0.15) is 0 Å². The predicted molar refractivity (Wildman–Crippen MR) is 128 cm³/mol.